The van der Waals surface area contributed by atoms with Crippen LogP contribution < -0.4 is 0 Å². The van der Waals surface area contributed by atoms with Gasteiger partial charge >= 0.3 is 0 Å². The van der Waals surface area contributed by atoms with Gasteiger partial charge in [-0.15, -0.1) is 0 Å². The summed E-state index contributed by atoms with van der Waals surface area (Å²) >= 11 is 0. The highest BCUT2D eigenvalue weighted by Gasteiger charge is 2.54. The van der Waals surface area contributed by atoms with Crippen LogP contribution in [-0.4, -0.2) is 266 Å². The average Bonchev–Trinajstić information content (AvgIpc) is 1.71. The molecule has 5 N–H and O–H groups in total. The van der Waals surface area contributed by atoms with Gasteiger partial charge in [0.15, 0.2) is 0 Å². The van der Waals surface area contributed by atoms with Gasteiger partial charge in [-0.2, -0.15) is 69.2 Å². The first-order valence-electron chi connectivity index (χ1n) is 43.1. The molecule has 0 saturated carbocycles. The molecule has 40 nitrogen and oxygen atoms in total. The van der Waals surface area contributed by atoms with Crippen LogP contribution in [0.3, 0.4) is 0 Å². The third-order valence-corrected chi connectivity index (χ3v) is 34.6. The van der Waals surface area contributed by atoms with E-state index in [-0.39, 0.29) is 101 Å². The summed E-state index contributed by atoms with van der Waals surface area (Å²) in [5, 5.41) is 78.7. The van der Waals surface area contributed by atoms with Crippen molar-refractivity contribution in [3.8, 4) is 92.0 Å². The number of hydrogen-bond acceptors (Lipinski definition) is 24. The number of hydrogen-bond donors (Lipinski definition) is 5. The molecule has 0 amide bonds. The maximum Gasteiger partial charge on any atom is 0.214 e. The Morgan fingerprint density at radius 1 is 0.407 bits per heavy atom. The van der Waals surface area contributed by atoms with Gasteiger partial charge in [0.25, 0.3) is 0 Å². The van der Waals surface area contributed by atoms with Crippen molar-refractivity contribution in [2.45, 2.75) is 93.9 Å². The Balaban J connectivity index is 0.000000123. The van der Waals surface area contributed by atoms with Gasteiger partial charge in [-0.05, 0) is 108 Å². The first kappa shape index (κ1) is 94.3. The Hall–Kier alpha value is -13.9. The zero-order valence-corrected chi connectivity index (χ0v) is 79.0. The van der Waals surface area contributed by atoms with Gasteiger partial charge in [-0.25, -0.2) is 71.4 Å². The van der Waals surface area contributed by atoms with Crippen LogP contribution >= 0.6 is 0 Å². The zero-order chi connectivity index (χ0) is 95.8. The molecule has 0 bridgehead atoms. The predicted octanol–water partition coefficient (Wildman–Crippen LogP) is 9.37. The number of nitrogens with zero attached hydrogens (tertiary/aromatic N) is 26. The molecule has 15 aromatic heterocycles. The molecule has 5 fully saturated rings. The SMILES string of the molecule is C=S(=O)(N(C)C)N1CC(CC#N)(n2cc(-c3ccnc4[nH]ccc34)cn2)C1.CC(C)CS(=O)(=O)N1CC(CC#N)(n2cc(-c3ccnc4[nH]ccc34)cn2)C1.CCCS(=O)(=O)N1CC(CC#N)(n2cc(-c3ccnc4[nH]ccc34)cn2)C1.CCS(=O)(=O)N1CC(CC#N)(n2ccc(-c3c(C#N)cnc4[nH]ccc34)c2)C1.CS(=O)(=O)N1CC(CC#N)(n2cc(-c3ccnc4[nH]ccc34)cn2)C1. The lowest BCUT2D eigenvalue weighted by Gasteiger charge is -2.50. The highest BCUT2D eigenvalue weighted by atomic mass is 32.2. The van der Waals surface area contributed by atoms with Crippen molar-refractivity contribution in [2.75, 3.05) is 103 Å². The quantitative estimate of drug-likeness (QED) is 0.0315. The summed E-state index contributed by atoms with van der Waals surface area (Å²) < 4.78 is 128. The minimum absolute atomic E-state index is 0.0422. The van der Waals surface area contributed by atoms with Crippen molar-refractivity contribution in [3.63, 3.8) is 0 Å². The number of rotatable bonds is 26. The van der Waals surface area contributed by atoms with E-state index in [9.17, 15) is 69.5 Å². The summed E-state index contributed by atoms with van der Waals surface area (Å²) in [5.74, 6) is 4.19. The van der Waals surface area contributed by atoms with Crippen LogP contribution in [0.1, 0.15) is 71.8 Å². The van der Waals surface area contributed by atoms with Crippen LogP contribution in [0.5, 0.6) is 0 Å². The lowest BCUT2D eigenvalue weighted by Crippen LogP contribution is -2.65. The van der Waals surface area contributed by atoms with Gasteiger partial charge in [-0.3, -0.25) is 18.7 Å². The number of fused-ring (bicyclic) bond motifs is 5. The smallest absolute Gasteiger partial charge is 0.214 e. The van der Waals surface area contributed by atoms with Gasteiger partial charge in [0, 0.05) is 239 Å². The van der Waals surface area contributed by atoms with Gasteiger partial charge in [-0.1, -0.05) is 20.8 Å². The molecule has 15 aromatic rings. The predicted molar refractivity (Wildman–Crippen MR) is 508 cm³/mol. The van der Waals surface area contributed by atoms with Crippen LogP contribution in [0.2, 0.25) is 0 Å². The highest BCUT2D eigenvalue weighted by Crippen LogP contribution is 2.44. The third-order valence-electron chi connectivity index (χ3n) is 25.3. The van der Waals surface area contributed by atoms with E-state index in [4.69, 9.17) is 0 Å². The van der Waals surface area contributed by atoms with Gasteiger partial charge in [0.2, 0.25) is 40.1 Å². The lowest BCUT2D eigenvalue weighted by molar-refractivity contribution is 0.0715. The lowest BCUT2D eigenvalue weighted by atomic mass is 9.89. The molecule has 5 saturated heterocycles. The molecule has 0 spiro atoms. The molecule has 0 aliphatic carbocycles. The van der Waals surface area contributed by atoms with Crippen molar-refractivity contribution in [1.82, 2.24) is 119 Å². The number of aromatic amines is 5. The van der Waals surface area contributed by atoms with Crippen molar-refractivity contribution >= 4 is 111 Å². The summed E-state index contributed by atoms with van der Waals surface area (Å²) in [6.07, 6.45) is 38.9. The van der Waals surface area contributed by atoms with E-state index < -0.39 is 77.7 Å². The van der Waals surface area contributed by atoms with Crippen LogP contribution in [0.4, 0.5) is 0 Å². The first-order valence-corrected chi connectivity index (χ1v) is 51.4. The molecule has 0 aromatic carbocycles. The molecule has 5 aliphatic rings. The van der Waals surface area contributed by atoms with Crippen LogP contribution in [0.15, 0.2) is 185 Å². The normalized spacial score (nSPS) is 17.3. The number of nitriles is 6. The van der Waals surface area contributed by atoms with E-state index in [1.807, 2.05) is 157 Å². The second-order valence-corrected chi connectivity index (χ2v) is 45.8. The van der Waals surface area contributed by atoms with Crippen molar-refractivity contribution in [3.05, 3.63) is 190 Å². The van der Waals surface area contributed by atoms with Crippen molar-refractivity contribution < 1.29 is 37.9 Å². The molecular weight excluding hydrogens is 1820 g/mol. The third kappa shape index (κ3) is 18.1. The molecule has 20 rings (SSSR count). The molecule has 1 unspecified atom stereocenters. The number of sulfonamides is 4. The number of H-pyrrole nitrogens is 5. The fraction of sp³-hybridized carbons (Fsp3) is 0.356. The monoisotopic (exact) mass is 1920 g/mol. The topological polar surface area (TPSA) is 535 Å². The Morgan fingerprint density at radius 2 is 0.733 bits per heavy atom. The molecule has 45 heteroatoms. The standard InChI is InChI=1S/C19H22N6O2S.C19H18N6O2S.C18H21N7OS.C18H20N6O2S.C16H16N6O2S/c1-14(2)11-28(26,27)24-12-19(13-24,5-6-20)25-10-15(9-23-25)16-3-7-21-18-17(16)4-8-22-18;1-2-28(26,27)25-12-19(13-25,5-6-20)24-8-4-14(11-24)17-15(9-21)10-23-18-16(17)3-7-22-18;1-23(2)27(3,26)24-12-18(13-24,6-7-19)25-11-14(10-22-25)15-4-8-20-17-16(15)5-9-21-17;1-2-9-27(25,26)23-12-18(13-23,5-6-19)24-11-14(10-22-24)15-3-7-20-17-16(15)4-8-21-17;1-25(23,24)21-10-16(11-21,4-5-17)22-9-12(8-20-22)13-2-6-18-15-14(13)3-7-19-15/h3-4,7-10,14H,5,11-13H2,1-2H3,(H,21,22);3-4,7-8,10-11H,2,5,12-13H2,1H3,(H,22,23);4-5,8-11H,3,6,12-13H2,1-2H3,(H,20,21);3-4,7-8,10-11H,2,5,9,12-13H2,1H3,(H,20,21);2-3,6-9H,4,10-11H2,1H3,(H,18,19). The largest absolute Gasteiger partial charge is 0.346 e. The molecular formula is C90H97N31O9S5. The van der Waals surface area contributed by atoms with Gasteiger partial charge in [0.05, 0.1) is 132 Å². The molecule has 0 radical (unpaired) electrons. The summed E-state index contributed by atoms with van der Waals surface area (Å²) in [6, 6.07) is 32.5. The van der Waals surface area contributed by atoms with Gasteiger partial charge < -0.3 is 29.5 Å². The summed E-state index contributed by atoms with van der Waals surface area (Å²) in [6.45, 7) is 10.3. The van der Waals surface area contributed by atoms with E-state index in [1.54, 1.807) is 95.1 Å². The van der Waals surface area contributed by atoms with Crippen molar-refractivity contribution in [1.29, 1.82) is 31.6 Å². The summed E-state index contributed by atoms with van der Waals surface area (Å²) in [7, 11) is -12.1. The molecule has 135 heavy (non-hydrogen) atoms. The molecule has 696 valence electrons. The Morgan fingerprint density at radius 3 is 1.07 bits per heavy atom. The van der Waals surface area contributed by atoms with E-state index >= 15 is 0 Å². The molecule has 20 heterocycles. The fourth-order valence-corrected chi connectivity index (χ4v) is 24.9. The minimum Gasteiger partial charge on any atom is -0.346 e. The average molecular weight is 1920 g/mol. The Kier molecular flexibility index (Phi) is 26.0. The Bertz CT molecular complexity index is 7850. The van der Waals surface area contributed by atoms with Gasteiger partial charge in [0.1, 0.15) is 56.5 Å². The van der Waals surface area contributed by atoms with Crippen LogP contribution in [-0.2, 0) is 77.7 Å². The number of aromatic nitrogens is 19. The van der Waals surface area contributed by atoms with Crippen LogP contribution in [0, 0.1) is 73.9 Å². The maximum atomic E-state index is 12.8. The minimum atomic E-state index is -3.32. The zero-order valence-electron chi connectivity index (χ0n) is 74.9. The Labute approximate surface area is 779 Å². The van der Waals surface area contributed by atoms with Crippen molar-refractivity contribution in [2.24, 2.45) is 5.92 Å². The van der Waals surface area contributed by atoms with E-state index in [2.05, 4.69) is 113 Å². The fourth-order valence-electron chi connectivity index (χ4n) is 17.8. The maximum absolute atomic E-state index is 12.8. The highest BCUT2D eigenvalue weighted by molar-refractivity contribution is 7.96. The first-order chi connectivity index (χ1) is 64.6. The molecule has 5 aliphatic heterocycles. The number of pyridine rings is 5. The van der Waals surface area contributed by atoms with Crippen LogP contribution in [0.25, 0.3) is 111 Å². The van der Waals surface area contributed by atoms with E-state index in [1.165, 1.54) is 29.7 Å². The summed E-state index contributed by atoms with van der Waals surface area (Å²) in [5.41, 5.74) is 10.7. The number of nitrogens with one attached hydrogen (secondary N) is 5. The second-order valence-electron chi connectivity index (χ2n) is 35.0. The molecule has 1 atom stereocenters. The van der Waals surface area contributed by atoms with E-state index in [0.717, 1.165) is 105 Å². The van der Waals surface area contributed by atoms with E-state index in [0.29, 0.717) is 37.1 Å². The second kappa shape index (κ2) is 37.2. The summed E-state index contributed by atoms with van der Waals surface area (Å²) in [4.78, 5) is 36.9.